The minimum atomic E-state index is -0.122. The third-order valence-electron chi connectivity index (χ3n) is 2.82. The van der Waals surface area contributed by atoms with Crippen molar-refractivity contribution in [2.24, 2.45) is 0 Å². The van der Waals surface area contributed by atoms with E-state index in [1.165, 1.54) is 6.08 Å². The maximum atomic E-state index is 11.6. The van der Waals surface area contributed by atoms with Crippen LogP contribution in [0.1, 0.15) is 17.5 Å². The number of halogens is 1. The highest BCUT2D eigenvalue weighted by Gasteiger charge is 1.97. The van der Waals surface area contributed by atoms with Crippen LogP contribution in [0.15, 0.2) is 24.3 Å². The van der Waals surface area contributed by atoms with Crippen molar-refractivity contribution in [2.45, 2.75) is 13.3 Å². The molecule has 0 saturated heterocycles. The number of nitrogens with one attached hydrogen (secondary N) is 1. The van der Waals surface area contributed by atoms with Gasteiger partial charge in [-0.1, -0.05) is 23.7 Å². The first-order valence-electron chi connectivity index (χ1n) is 6.92. The summed E-state index contributed by atoms with van der Waals surface area (Å²) < 4.78 is 10.2. The molecule has 1 aromatic rings. The fourth-order valence-corrected chi connectivity index (χ4v) is 1.76. The summed E-state index contributed by atoms with van der Waals surface area (Å²) in [5.74, 6) is -0.122. The zero-order chi connectivity index (χ0) is 15.5. The molecule has 1 rings (SSSR count). The first-order valence-corrected chi connectivity index (χ1v) is 7.30. The van der Waals surface area contributed by atoms with E-state index in [4.69, 9.17) is 21.1 Å². The van der Waals surface area contributed by atoms with Gasteiger partial charge >= 0.3 is 0 Å². The average molecular weight is 312 g/mol. The number of carbonyl (C=O) groups excluding carboxylic acids is 1. The van der Waals surface area contributed by atoms with Crippen molar-refractivity contribution in [3.63, 3.8) is 0 Å². The van der Waals surface area contributed by atoms with Gasteiger partial charge in [0.2, 0.25) is 5.91 Å². The zero-order valence-electron chi connectivity index (χ0n) is 12.5. The van der Waals surface area contributed by atoms with Crippen LogP contribution in [0.5, 0.6) is 0 Å². The van der Waals surface area contributed by atoms with Crippen LogP contribution in [-0.4, -0.2) is 39.4 Å². The smallest absolute Gasteiger partial charge is 0.244 e. The number of hydrogen-bond donors (Lipinski definition) is 1. The second-order valence-corrected chi connectivity index (χ2v) is 5.00. The van der Waals surface area contributed by atoms with Crippen molar-refractivity contribution in [2.75, 3.05) is 33.5 Å². The number of benzene rings is 1. The number of hydrogen-bond acceptors (Lipinski definition) is 3. The number of ether oxygens (including phenoxy) is 2. The van der Waals surface area contributed by atoms with E-state index < -0.39 is 0 Å². The van der Waals surface area contributed by atoms with Gasteiger partial charge in [0.25, 0.3) is 0 Å². The molecule has 0 heterocycles. The molecule has 1 amide bonds. The van der Waals surface area contributed by atoms with Gasteiger partial charge in [0.15, 0.2) is 0 Å². The number of methoxy groups -OCH3 is 1. The van der Waals surface area contributed by atoms with Crippen LogP contribution in [0.25, 0.3) is 6.08 Å². The molecule has 0 fully saturated rings. The summed E-state index contributed by atoms with van der Waals surface area (Å²) in [5.41, 5.74) is 1.93. The largest absolute Gasteiger partial charge is 0.382 e. The Kier molecular flexibility index (Phi) is 8.74. The second-order valence-electron chi connectivity index (χ2n) is 4.59. The van der Waals surface area contributed by atoms with Crippen molar-refractivity contribution in [3.05, 3.63) is 40.4 Å². The number of carbonyl (C=O) groups is 1. The molecule has 5 heteroatoms. The molecule has 1 aromatic carbocycles. The molecule has 0 aromatic heterocycles. The minimum Gasteiger partial charge on any atom is -0.382 e. The van der Waals surface area contributed by atoms with Gasteiger partial charge in [-0.25, -0.2) is 0 Å². The molecule has 0 spiro atoms. The second kappa shape index (κ2) is 10.4. The lowest BCUT2D eigenvalue weighted by atomic mass is 10.1. The molecule has 1 N–H and O–H groups in total. The summed E-state index contributed by atoms with van der Waals surface area (Å²) in [6.07, 6.45) is 4.03. The van der Waals surface area contributed by atoms with Crippen molar-refractivity contribution >= 4 is 23.6 Å². The summed E-state index contributed by atoms with van der Waals surface area (Å²) in [4.78, 5) is 11.6. The fraction of sp³-hybridized carbons (Fsp3) is 0.438. The SMILES string of the molecule is COCCOCCCNC(=O)/C=C/c1ccc(C)c(Cl)c1. The third kappa shape index (κ3) is 7.85. The molecule has 0 unspecified atom stereocenters. The molecule has 116 valence electrons. The first-order chi connectivity index (χ1) is 10.1. The maximum Gasteiger partial charge on any atom is 0.244 e. The highest BCUT2D eigenvalue weighted by Crippen LogP contribution is 2.17. The van der Waals surface area contributed by atoms with E-state index in [0.717, 1.165) is 17.5 Å². The van der Waals surface area contributed by atoms with Crippen LogP contribution in [0.3, 0.4) is 0 Å². The normalized spacial score (nSPS) is 11.0. The topological polar surface area (TPSA) is 47.6 Å². The van der Waals surface area contributed by atoms with E-state index in [1.54, 1.807) is 13.2 Å². The molecule has 21 heavy (non-hydrogen) atoms. The standard InChI is InChI=1S/C16H22ClNO3/c1-13-4-5-14(12-15(13)17)6-7-16(19)18-8-3-9-21-11-10-20-2/h4-7,12H,3,8-11H2,1-2H3,(H,18,19)/b7-6+. The Hall–Kier alpha value is -1.36. The van der Waals surface area contributed by atoms with Gasteiger partial charge in [0, 0.05) is 31.4 Å². The van der Waals surface area contributed by atoms with Gasteiger partial charge in [0.05, 0.1) is 13.2 Å². The predicted octanol–water partition coefficient (Wildman–Crippen LogP) is 2.83. The highest BCUT2D eigenvalue weighted by atomic mass is 35.5. The zero-order valence-corrected chi connectivity index (χ0v) is 13.3. The van der Waals surface area contributed by atoms with Crippen LogP contribution in [0.2, 0.25) is 5.02 Å². The quantitative estimate of drug-likeness (QED) is 0.563. The first kappa shape index (κ1) is 17.7. The lowest BCUT2D eigenvalue weighted by molar-refractivity contribution is -0.116. The molecule has 0 atom stereocenters. The summed E-state index contributed by atoms with van der Waals surface area (Å²) in [6.45, 7) is 4.32. The Morgan fingerprint density at radius 2 is 2.14 bits per heavy atom. The summed E-state index contributed by atoms with van der Waals surface area (Å²) >= 11 is 6.03. The summed E-state index contributed by atoms with van der Waals surface area (Å²) in [6, 6.07) is 5.69. The molecule has 0 aliphatic heterocycles. The van der Waals surface area contributed by atoms with Gasteiger partial charge in [-0.2, -0.15) is 0 Å². The van der Waals surface area contributed by atoms with Crippen LogP contribution < -0.4 is 5.32 Å². The van der Waals surface area contributed by atoms with E-state index in [9.17, 15) is 4.79 Å². The Bertz CT molecular complexity index is 475. The van der Waals surface area contributed by atoms with Crippen molar-refractivity contribution in [1.82, 2.24) is 5.32 Å². The van der Waals surface area contributed by atoms with Gasteiger partial charge in [-0.05, 0) is 36.6 Å². The molecule has 0 radical (unpaired) electrons. The fourth-order valence-electron chi connectivity index (χ4n) is 1.57. The lowest BCUT2D eigenvalue weighted by Crippen LogP contribution is -2.23. The Balaban J connectivity index is 2.21. The van der Waals surface area contributed by atoms with Crippen LogP contribution in [-0.2, 0) is 14.3 Å². The monoisotopic (exact) mass is 311 g/mol. The Labute approximate surface area is 131 Å². The van der Waals surface area contributed by atoms with E-state index in [1.807, 2.05) is 25.1 Å². The summed E-state index contributed by atoms with van der Waals surface area (Å²) in [7, 11) is 1.64. The van der Waals surface area contributed by atoms with Crippen molar-refractivity contribution in [1.29, 1.82) is 0 Å². The number of amides is 1. The van der Waals surface area contributed by atoms with Crippen LogP contribution in [0, 0.1) is 6.92 Å². The molecule has 0 aliphatic rings. The molecule has 4 nitrogen and oxygen atoms in total. The average Bonchev–Trinajstić information content (AvgIpc) is 2.47. The van der Waals surface area contributed by atoms with E-state index in [2.05, 4.69) is 5.32 Å². The number of aryl methyl sites for hydroxylation is 1. The number of rotatable bonds is 9. The highest BCUT2D eigenvalue weighted by molar-refractivity contribution is 6.31. The minimum absolute atomic E-state index is 0.122. The Morgan fingerprint density at radius 3 is 2.86 bits per heavy atom. The molecule has 0 aliphatic carbocycles. The third-order valence-corrected chi connectivity index (χ3v) is 3.23. The lowest BCUT2D eigenvalue weighted by Gasteiger charge is -2.04. The van der Waals surface area contributed by atoms with E-state index in [0.29, 0.717) is 31.4 Å². The molecule has 0 saturated carbocycles. The molecular weight excluding hydrogens is 290 g/mol. The molecular formula is C16H22ClNO3. The van der Waals surface area contributed by atoms with Gasteiger partial charge < -0.3 is 14.8 Å². The Morgan fingerprint density at radius 1 is 1.33 bits per heavy atom. The predicted molar refractivity (Wildman–Crippen MR) is 85.5 cm³/mol. The van der Waals surface area contributed by atoms with Crippen molar-refractivity contribution < 1.29 is 14.3 Å². The summed E-state index contributed by atoms with van der Waals surface area (Å²) in [5, 5.41) is 3.50. The van der Waals surface area contributed by atoms with Gasteiger partial charge in [-0.3, -0.25) is 4.79 Å². The van der Waals surface area contributed by atoms with E-state index in [-0.39, 0.29) is 5.91 Å². The maximum absolute atomic E-state index is 11.6. The van der Waals surface area contributed by atoms with Gasteiger partial charge in [0.1, 0.15) is 0 Å². The van der Waals surface area contributed by atoms with E-state index >= 15 is 0 Å². The van der Waals surface area contributed by atoms with Gasteiger partial charge in [-0.15, -0.1) is 0 Å². The van der Waals surface area contributed by atoms with Crippen molar-refractivity contribution in [3.8, 4) is 0 Å². The van der Waals surface area contributed by atoms with Crippen LogP contribution in [0.4, 0.5) is 0 Å². The van der Waals surface area contributed by atoms with Crippen LogP contribution >= 0.6 is 11.6 Å². The molecule has 0 bridgehead atoms.